The number of rotatable bonds is 13. The molecule has 4 saturated heterocycles. The molecule has 8 heterocycles. The summed E-state index contributed by atoms with van der Waals surface area (Å²) < 4.78 is 19.7. The van der Waals surface area contributed by atoms with Crippen LogP contribution in [-0.4, -0.2) is 177 Å². The summed E-state index contributed by atoms with van der Waals surface area (Å²) in [5.74, 6) is 0.649. The monoisotopic (exact) mass is 1610 g/mol. The third-order valence-electron chi connectivity index (χ3n) is 21.7. The van der Waals surface area contributed by atoms with Crippen LogP contribution >= 0.6 is 58.0 Å². The number of alkyl carbamates (subject to hydrolysis) is 2. The zero-order chi connectivity index (χ0) is 80.3. The van der Waals surface area contributed by atoms with Gasteiger partial charge in [0.25, 0.3) is 0 Å². The molecule has 4 saturated carbocycles. The fraction of sp³-hybridized carbons (Fsp3) is 0.642. The standard InChI is InChI=1S/C21H29ClN4O2.C19H25ClN4O2.C16H21ClN4.C12H11ClN2O.C10H19NO2.C3H5ClO2/c1-20(2,3)28-19(27)25-16-8-11-26(13-16)17-6-9-21(14-23,10-7-17)18-5-4-15(22)12-24-18;1-2-26-18(25)23-15-7-10-24(12-15)16-5-8-19(13-21,9-6-16)17-4-3-14(20)11-22-17;17-12-1-2-15(20-9-12)16(11-18)6-3-14(4-7-16)21-8-5-13(19)10-21;13-9-1-2-11(15-7-9)12(8-14)5-3-10(16)4-6-12;1-10(2,3)13-9(12)6-8-4-5-11-7-8;1-2-6-3(4)5/h4-5,12,16-17H,6-11,13H2,1-3H3,(H,25,27);3-4,11,15-16H,2,5-10,12H2,1H3,(H,23,25);1-2,9,13-14H,3-8,10,19H2;1-2,7H,3-6H2;8,11H,4-7H2,1-3H3;2H2,1H3/t16-,17?,21?;15-,16?,19?;13-,14?,16?;;8-;/m000.1./s1. The zero-order valence-electron chi connectivity index (χ0n) is 65.0. The van der Waals surface area contributed by atoms with Crippen LogP contribution in [0.2, 0.25) is 20.1 Å². The number of carbonyl (C=O) groups is 5. The van der Waals surface area contributed by atoms with Crippen molar-refractivity contribution in [3.8, 4) is 24.3 Å². The molecule has 24 nitrogen and oxygen atoms in total. The van der Waals surface area contributed by atoms with E-state index in [1.807, 2.05) is 71.9 Å². The topological polar surface area (TPSA) is 341 Å². The summed E-state index contributed by atoms with van der Waals surface area (Å²) >= 11 is 28.2. The number of nitrogens with zero attached hydrogens (tertiary/aromatic N) is 11. The third-order valence-corrected chi connectivity index (χ3v) is 22.7. The molecule has 4 aliphatic carbocycles. The maximum atomic E-state index is 12.0. The normalized spacial score (nSPS) is 26.5. The van der Waals surface area contributed by atoms with Crippen molar-refractivity contribution in [2.24, 2.45) is 11.7 Å². The van der Waals surface area contributed by atoms with Gasteiger partial charge < -0.3 is 40.6 Å². The molecule has 4 aromatic rings. The number of nitriles is 4. The fourth-order valence-corrected chi connectivity index (χ4v) is 16.3. The summed E-state index contributed by atoms with van der Waals surface area (Å²) in [5.41, 5.74) is 5.61. The fourth-order valence-electron chi connectivity index (χ4n) is 15.7. The molecule has 4 atom stereocenters. The van der Waals surface area contributed by atoms with Crippen molar-refractivity contribution in [1.82, 2.24) is 50.6 Å². The first-order valence-electron chi connectivity index (χ1n) is 38.6. The number of Topliss-reactive ketones (excluding diaryl/α,β-unsaturated/α-hetero) is 1. The van der Waals surface area contributed by atoms with E-state index in [9.17, 15) is 45.0 Å². The van der Waals surface area contributed by atoms with Crippen molar-refractivity contribution in [2.45, 2.75) is 259 Å². The predicted molar refractivity (Wildman–Crippen MR) is 424 cm³/mol. The zero-order valence-corrected chi connectivity index (χ0v) is 68.7. The minimum absolute atomic E-state index is 0.0683. The van der Waals surface area contributed by atoms with Gasteiger partial charge in [0.15, 0.2) is 0 Å². The number of nitrogens with one attached hydrogen (secondary N) is 3. The van der Waals surface area contributed by atoms with Gasteiger partial charge >= 0.3 is 23.6 Å². The molecule has 2 amide bonds. The molecule has 8 aliphatic rings. The molecule has 0 bridgehead atoms. The predicted octanol–water partition coefficient (Wildman–Crippen LogP) is 15.1. The second-order valence-corrected chi connectivity index (χ2v) is 33.8. The summed E-state index contributed by atoms with van der Waals surface area (Å²) in [4.78, 5) is 80.5. The van der Waals surface area contributed by atoms with E-state index in [0.717, 1.165) is 178 Å². The Morgan fingerprint density at radius 1 is 0.518 bits per heavy atom. The first-order chi connectivity index (χ1) is 52.3. The van der Waals surface area contributed by atoms with Crippen molar-refractivity contribution < 1.29 is 42.9 Å². The van der Waals surface area contributed by atoms with Crippen molar-refractivity contribution in [3.63, 3.8) is 0 Å². The maximum Gasteiger partial charge on any atom is 0.407 e. The molecule has 0 radical (unpaired) electrons. The molecule has 598 valence electrons. The van der Waals surface area contributed by atoms with E-state index in [0.29, 0.717) is 95.5 Å². The third kappa shape index (κ3) is 27.7. The lowest BCUT2D eigenvalue weighted by molar-refractivity contribution is -0.155. The van der Waals surface area contributed by atoms with Crippen LogP contribution in [0, 0.1) is 51.2 Å². The molecular weight excluding hydrogens is 1500 g/mol. The lowest BCUT2D eigenvalue weighted by Gasteiger charge is -2.38. The van der Waals surface area contributed by atoms with E-state index in [-0.39, 0.29) is 41.6 Å². The van der Waals surface area contributed by atoms with Crippen LogP contribution in [-0.2, 0) is 50.2 Å². The number of ketones is 1. The second kappa shape index (κ2) is 42.7. The van der Waals surface area contributed by atoms with Crippen LogP contribution in [0.5, 0.6) is 0 Å². The van der Waals surface area contributed by atoms with E-state index in [1.54, 1.807) is 56.8 Å². The Bertz CT molecular complexity index is 3760. The molecule has 4 aromatic heterocycles. The minimum Gasteiger partial charge on any atom is -0.460 e. The quantitative estimate of drug-likeness (QED) is 0.0549. The van der Waals surface area contributed by atoms with Gasteiger partial charge in [-0.05, 0) is 239 Å². The number of esters is 1. The summed E-state index contributed by atoms with van der Waals surface area (Å²) in [5, 5.41) is 50.2. The number of nitrogens with two attached hydrogens (primary N) is 1. The smallest absolute Gasteiger partial charge is 0.407 e. The molecule has 29 heteroatoms. The van der Waals surface area contributed by atoms with E-state index in [1.165, 1.54) is 0 Å². The van der Waals surface area contributed by atoms with E-state index in [2.05, 4.69) is 79.6 Å². The Balaban J connectivity index is 0.000000191. The van der Waals surface area contributed by atoms with Crippen LogP contribution in [0.15, 0.2) is 73.3 Å². The molecule has 8 fully saturated rings. The average Bonchev–Trinajstić information content (AvgIpc) is 1.30. The highest BCUT2D eigenvalue weighted by Crippen LogP contribution is 2.44. The van der Waals surface area contributed by atoms with Gasteiger partial charge in [-0.2, -0.15) is 21.0 Å². The van der Waals surface area contributed by atoms with Crippen molar-refractivity contribution in [3.05, 3.63) is 116 Å². The van der Waals surface area contributed by atoms with Crippen LogP contribution in [0.3, 0.4) is 0 Å². The lowest BCUT2D eigenvalue weighted by Crippen LogP contribution is -2.44. The molecule has 0 spiro atoms. The number of carbonyl (C=O) groups excluding carboxylic acids is 5. The summed E-state index contributed by atoms with van der Waals surface area (Å²) in [6, 6.07) is 26.6. The minimum atomic E-state index is -0.738. The van der Waals surface area contributed by atoms with Gasteiger partial charge in [0, 0.05) is 131 Å². The van der Waals surface area contributed by atoms with Crippen molar-refractivity contribution in [2.75, 3.05) is 65.6 Å². The second-order valence-electron chi connectivity index (χ2n) is 31.8. The number of halogens is 5. The Morgan fingerprint density at radius 2 is 0.873 bits per heavy atom. The summed E-state index contributed by atoms with van der Waals surface area (Å²) in [6.45, 7) is 23.3. The number of ether oxygens (including phenoxy) is 4. The van der Waals surface area contributed by atoms with Crippen LogP contribution < -0.4 is 21.7 Å². The van der Waals surface area contributed by atoms with Gasteiger partial charge in [-0.15, -0.1) is 0 Å². The highest BCUT2D eigenvalue weighted by Gasteiger charge is 2.45. The first kappa shape index (κ1) is 90.2. The van der Waals surface area contributed by atoms with Gasteiger partial charge in [0.2, 0.25) is 0 Å². The molecule has 4 aliphatic heterocycles. The molecular formula is C81H110Cl5N15O9. The number of amides is 2. The van der Waals surface area contributed by atoms with Crippen molar-refractivity contribution in [1.29, 1.82) is 21.0 Å². The number of hydrogen-bond acceptors (Lipinski definition) is 22. The van der Waals surface area contributed by atoms with Gasteiger partial charge in [0.05, 0.1) is 96.6 Å². The molecule has 110 heavy (non-hydrogen) atoms. The number of aromatic nitrogens is 4. The average molecular weight is 1620 g/mol. The number of pyridine rings is 4. The Labute approximate surface area is 674 Å². The lowest BCUT2D eigenvalue weighted by atomic mass is 9.71. The summed E-state index contributed by atoms with van der Waals surface area (Å²) in [7, 11) is 0. The van der Waals surface area contributed by atoms with E-state index in [4.69, 9.17) is 77.9 Å². The first-order valence-corrected chi connectivity index (χ1v) is 40.5. The molecule has 12 rings (SSSR count). The maximum absolute atomic E-state index is 12.0. The molecule has 0 aromatic carbocycles. The highest BCUT2D eigenvalue weighted by atomic mass is 35.5. The van der Waals surface area contributed by atoms with Gasteiger partial charge in [-0.25, -0.2) is 14.4 Å². The van der Waals surface area contributed by atoms with Gasteiger partial charge in [-0.3, -0.25) is 44.2 Å². The van der Waals surface area contributed by atoms with E-state index < -0.39 is 32.7 Å². The highest BCUT2D eigenvalue weighted by molar-refractivity contribution is 6.61. The SMILES string of the molecule is CC(C)(C)OC(=O)C[C@H]1CCNC1.CC(C)(C)OC(=O)N[C@H]1CCN(C2CCC(C#N)(c3ccc(Cl)cn3)CC2)C1.CCOC(=O)Cl.CCOC(=O)N[C@H]1CCN(C2CCC(C#N)(c3ccc(Cl)cn3)CC2)C1.N#CC1(c2ccc(Cl)cn2)CCC(=O)CC1.N#CC1(c2ccc(Cl)cn2)CCC(N2CC[C@H](N)C2)CC1. The summed E-state index contributed by atoms with van der Waals surface area (Å²) in [6.07, 6.45) is 23.3. The molecule has 0 unspecified atom stereocenters. The van der Waals surface area contributed by atoms with E-state index >= 15 is 0 Å². The largest absolute Gasteiger partial charge is 0.460 e. The number of hydrogen-bond donors (Lipinski definition) is 4. The Kier molecular flexibility index (Phi) is 35.0. The van der Waals surface area contributed by atoms with Gasteiger partial charge in [0.1, 0.15) is 22.4 Å². The van der Waals surface area contributed by atoms with Crippen LogP contribution in [0.1, 0.15) is 213 Å². The van der Waals surface area contributed by atoms with Gasteiger partial charge in [-0.1, -0.05) is 46.4 Å². The Morgan fingerprint density at radius 3 is 1.16 bits per heavy atom. The van der Waals surface area contributed by atoms with Crippen LogP contribution in [0.25, 0.3) is 0 Å². The number of likely N-dealkylation sites (tertiary alicyclic amines) is 3. The van der Waals surface area contributed by atoms with Crippen LogP contribution in [0.4, 0.5) is 14.4 Å². The molecule has 5 N–H and O–H groups in total. The Hall–Kier alpha value is -7.04. The van der Waals surface area contributed by atoms with Crippen molar-refractivity contribution >= 4 is 87.4 Å².